The lowest BCUT2D eigenvalue weighted by Crippen LogP contribution is -2.61. The summed E-state index contributed by atoms with van der Waals surface area (Å²) in [6, 6.07) is 7.46. The molecule has 6 atom stereocenters. The van der Waals surface area contributed by atoms with Crippen LogP contribution in [0.15, 0.2) is 43.0 Å². The molecule has 1 aromatic carbocycles. The topological polar surface area (TPSA) is 96.4 Å². The predicted octanol–water partition coefficient (Wildman–Crippen LogP) is 3.89. The summed E-state index contributed by atoms with van der Waals surface area (Å²) >= 11 is 0. The first-order valence-corrected chi connectivity index (χ1v) is 14.1. The molecule has 0 radical (unpaired) electrons. The van der Waals surface area contributed by atoms with Crippen molar-refractivity contribution in [3.05, 3.63) is 48.6 Å². The average molecular weight is 541 g/mol. The minimum absolute atomic E-state index is 0.0653. The molecule has 2 amide bonds. The quantitative estimate of drug-likeness (QED) is 0.357. The van der Waals surface area contributed by atoms with Crippen molar-refractivity contribution in [1.82, 2.24) is 9.80 Å². The van der Waals surface area contributed by atoms with E-state index < -0.39 is 47.1 Å². The molecule has 2 bridgehead atoms. The van der Waals surface area contributed by atoms with Gasteiger partial charge >= 0.3 is 5.97 Å². The highest BCUT2D eigenvalue weighted by Gasteiger charge is 2.76. The largest absolute Gasteiger partial charge is 0.466 e. The summed E-state index contributed by atoms with van der Waals surface area (Å²) in [5.74, 6) is -2.69. The van der Waals surface area contributed by atoms with Crippen molar-refractivity contribution in [1.29, 1.82) is 0 Å². The molecule has 4 rings (SSSR count). The van der Waals surface area contributed by atoms with E-state index in [4.69, 9.17) is 9.47 Å². The minimum Gasteiger partial charge on any atom is -0.466 e. The van der Waals surface area contributed by atoms with E-state index in [0.29, 0.717) is 31.4 Å². The molecule has 3 saturated heterocycles. The zero-order valence-electron chi connectivity index (χ0n) is 24.2. The molecule has 0 aliphatic carbocycles. The van der Waals surface area contributed by atoms with Gasteiger partial charge < -0.3 is 24.4 Å². The second kappa shape index (κ2) is 10.7. The van der Waals surface area contributed by atoms with E-state index in [-0.39, 0.29) is 30.4 Å². The fraction of sp³-hybridized carbons (Fsp3) is 0.645. The van der Waals surface area contributed by atoms with Crippen molar-refractivity contribution in [2.45, 2.75) is 90.1 Å². The third-order valence-electron chi connectivity index (χ3n) is 8.50. The van der Waals surface area contributed by atoms with Crippen LogP contribution in [0.4, 0.5) is 0 Å². The van der Waals surface area contributed by atoms with E-state index in [1.54, 1.807) is 17.9 Å². The molecular weight excluding hydrogens is 496 g/mol. The molecule has 3 aliphatic heterocycles. The first-order valence-electron chi connectivity index (χ1n) is 14.1. The van der Waals surface area contributed by atoms with Crippen LogP contribution in [0.1, 0.15) is 72.4 Å². The first kappa shape index (κ1) is 29.3. The molecule has 3 fully saturated rings. The number of rotatable bonds is 10. The summed E-state index contributed by atoms with van der Waals surface area (Å²) < 4.78 is 11.9. The third kappa shape index (κ3) is 5.02. The number of amides is 2. The van der Waals surface area contributed by atoms with Gasteiger partial charge in [-0.3, -0.25) is 14.4 Å². The fourth-order valence-corrected chi connectivity index (χ4v) is 7.55. The van der Waals surface area contributed by atoms with Crippen LogP contribution in [0.5, 0.6) is 0 Å². The van der Waals surface area contributed by atoms with Crippen molar-refractivity contribution in [3.8, 4) is 0 Å². The molecule has 8 nitrogen and oxygen atoms in total. The molecule has 0 aromatic heterocycles. The van der Waals surface area contributed by atoms with Crippen molar-refractivity contribution in [2.75, 3.05) is 19.8 Å². The number of carbonyl (C=O) groups is 3. The number of benzene rings is 1. The van der Waals surface area contributed by atoms with Crippen LogP contribution in [0.25, 0.3) is 0 Å². The van der Waals surface area contributed by atoms with Crippen LogP contribution in [-0.2, 0) is 23.9 Å². The molecule has 214 valence electrons. The standard InChI is InChI=1S/C31H44N2O6/c1-8-17-32(30(6,7)19-29(3,4)5)27(36)25-31-16-15-22(39-31)23(28(37)38-9-2)24(31)26(35)33(25)21(18-34)20-13-11-10-12-14-20/h8,10-14,21-25,34H,1,9,15-19H2,2-7H3/t21-,22-,23+,24+,25-,31+/m1/s1. The number of aliphatic hydroxyl groups is 1. The van der Waals surface area contributed by atoms with Crippen LogP contribution in [0, 0.1) is 17.3 Å². The number of nitrogens with zero attached hydrogens (tertiary/aromatic N) is 2. The molecule has 0 saturated carbocycles. The Hall–Kier alpha value is -2.71. The number of aliphatic hydroxyl groups excluding tert-OH is 1. The number of esters is 1. The Kier molecular flexibility index (Phi) is 8.03. The summed E-state index contributed by atoms with van der Waals surface area (Å²) in [6.45, 7) is 16.2. The number of likely N-dealkylation sites (tertiary alicyclic amines) is 1. The maximum absolute atomic E-state index is 14.8. The number of fused-ring (bicyclic) bond motifs is 1. The van der Waals surface area contributed by atoms with Gasteiger partial charge in [-0.2, -0.15) is 0 Å². The second-order valence-corrected chi connectivity index (χ2v) is 12.9. The lowest BCUT2D eigenvalue weighted by Gasteiger charge is -2.46. The summed E-state index contributed by atoms with van der Waals surface area (Å²) in [4.78, 5) is 45.6. The van der Waals surface area contributed by atoms with Crippen LogP contribution in [0.2, 0.25) is 0 Å². The van der Waals surface area contributed by atoms with Crippen LogP contribution < -0.4 is 0 Å². The van der Waals surface area contributed by atoms with E-state index in [9.17, 15) is 19.5 Å². The lowest BCUT2D eigenvalue weighted by atomic mass is 9.70. The number of carbonyl (C=O) groups excluding carboxylic acids is 3. The van der Waals surface area contributed by atoms with Crippen molar-refractivity contribution in [3.63, 3.8) is 0 Å². The van der Waals surface area contributed by atoms with E-state index >= 15 is 0 Å². The summed E-state index contributed by atoms with van der Waals surface area (Å²) in [5.41, 5.74) is -1.08. The Balaban J connectivity index is 1.86. The Morgan fingerprint density at radius 2 is 1.92 bits per heavy atom. The number of hydrogen-bond donors (Lipinski definition) is 1. The van der Waals surface area contributed by atoms with Gasteiger partial charge in [-0.15, -0.1) is 6.58 Å². The summed E-state index contributed by atoms with van der Waals surface area (Å²) in [5, 5.41) is 10.6. The van der Waals surface area contributed by atoms with E-state index in [1.165, 1.54) is 4.90 Å². The van der Waals surface area contributed by atoms with Gasteiger partial charge in [0, 0.05) is 12.1 Å². The van der Waals surface area contributed by atoms with Crippen LogP contribution in [0.3, 0.4) is 0 Å². The normalized spacial score (nSPS) is 28.8. The molecule has 1 aromatic rings. The van der Waals surface area contributed by atoms with Crippen molar-refractivity contribution in [2.24, 2.45) is 17.3 Å². The molecule has 3 aliphatic rings. The number of hydrogen-bond acceptors (Lipinski definition) is 6. The minimum atomic E-state index is -1.17. The second-order valence-electron chi connectivity index (χ2n) is 12.9. The van der Waals surface area contributed by atoms with Crippen LogP contribution >= 0.6 is 0 Å². The van der Waals surface area contributed by atoms with Gasteiger partial charge in [-0.1, -0.05) is 57.2 Å². The molecule has 8 heteroatoms. The molecule has 1 spiro atoms. The average Bonchev–Trinajstić information content (AvgIpc) is 3.50. The SMILES string of the molecule is C=CCN(C(=O)[C@H]1N([C@H](CO)c2ccccc2)C(=O)[C@@H]2[C@@H](C(=O)OCC)[C@H]3CC[C@]21O3)C(C)(C)CC(C)(C)C. The van der Waals surface area contributed by atoms with E-state index in [2.05, 4.69) is 27.4 Å². The maximum atomic E-state index is 14.8. The Morgan fingerprint density at radius 3 is 2.49 bits per heavy atom. The predicted molar refractivity (Wildman–Crippen MR) is 147 cm³/mol. The van der Waals surface area contributed by atoms with Gasteiger partial charge in [0.15, 0.2) is 0 Å². The highest BCUT2D eigenvalue weighted by atomic mass is 16.6. The van der Waals surface area contributed by atoms with E-state index in [0.717, 1.165) is 0 Å². The van der Waals surface area contributed by atoms with E-state index in [1.807, 2.05) is 44.2 Å². The van der Waals surface area contributed by atoms with Crippen LogP contribution in [-0.4, -0.2) is 75.7 Å². The summed E-state index contributed by atoms with van der Waals surface area (Å²) in [6.07, 6.45) is 2.98. The Bertz CT molecular complexity index is 1100. The zero-order valence-corrected chi connectivity index (χ0v) is 24.2. The maximum Gasteiger partial charge on any atom is 0.312 e. The Morgan fingerprint density at radius 1 is 1.26 bits per heavy atom. The highest BCUT2D eigenvalue weighted by Crippen LogP contribution is 2.60. The monoisotopic (exact) mass is 540 g/mol. The molecule has 1 N–H and O–H groups in total. The van der Waals surface area contributed by atoms with Gasteiger partial charge in [-0.05, 0) is 51.0 Å². The first-order chi connectivity index (χ1) is 18.3. The molecule has 3 heterocycles. The highest BCUT2D eigenvalue weighted by molar-refractivity contribution is 5.98. The smallest absolute Gasteiger partial charge is 0.312 e. The van der Waals surface area contributed by atoms with Gasteiger partial charge in [0.05, 0.1) is 37.2 Å². The number of ether oxygens (including phenoxy) is 2. The third-order valence-corrected chi connectivity index (χ3v) is 8.50. The fourth-order valence-electron chi connectivity index (χ4n) is 7.55. The molecular formula is C31H44N2O6. The van der Waals surface area contributed by atoms with Gasteiger partial charge in [0.1, 0.15) is 11.6 Å². The Labute approximate surface area is 232 Å². The van der Waals surface area contributed by atoms with Crippen molar-refractivity contribution >= 4 is 17.8 Å². The van der Waals surface area contributed by atoms with Gasteiger partial charge in [0.25, 0.3) is 0 Å². The molecule has 39 heavy (non-hydrogen) atoms. The summed E-state index contributed by atoms with van der Waals surface area (Å²) in [7, 11) is 0. The van der Waals surface area contributed by atoms with Gasteiger partial charge in [0.2, 0.25) is 11.8 Å². The van der Waals surface area contributed by atoms with Gasteiger partial charge in [-0.25, -0.2) is 0 Å². The van der Waals surface area contributed by atoms with Crippen molar-refractivity contribution < 1.29 is 29.0 Å². The zero-order chi connectivity index (χ0) is 28.8. The molecule has 0 unspecified atom stereocenters. The lowest BCUT2D eigenvalue weighted by molar-refractivity contribution is -0.158.